The van der Waals surface area contributed by atoms with Crippen molar-refractivity contribution in [2.75, 3.05) is 6.61 Å². The first kappa shape index (κ1) is 14.5. The van der Waals surface area contributed by atoms with E-state index in [0.29, 0.717) is 17.8 Å². The fraction of sp³-hybridized carbons (Fsp3) is 0.636. The second-order valence-corrected chi connectivity index (χ2v) is 3.29. The molecule has 0 spiro atoms. The number of amides is 1. The van der Waals surface area contributed by atoms with Gasteiger partial charge in [0.1, 0.15) is 5.76 Å². The zero-order valence-electron chi connectivity index (χ0n) is 10.0. The summed E-state index contributed by atoms with van der Waals surface area (Å²) in [6, 6.07) is 0. The Bertz CT molecular complexity index is 284. The molecule has 0 saturated carbocycles. The molecule has 0 aliphatic heterocycles. The summed E-state index contributed by atoms with van der Waals surface area (Å²) >= 11 is 0. The molecule has 0 saturated heterocycles. The van der Waals surface area contributed by atoms with Gasteiger partial charge in [0.15, 0.2) is 0 Å². The van der Waals surface area contributed by atoms with Crippen LogP contribution in [0.15, 0.2) is 11.3 Å². The maximum absolute atomic E-state index is 11.4. The third kappa shape index (κ3) is 5.38. The van der Waals surface area contributed by atoms with Crippen LogP contribution >= 0.6 is 0 Å². The minimum absolute atomic E-state index is 0.286. The lowest BCUT2D eigenvalue weighted by Crippen LogP contribution is -2.16. The molecule has 0 aromatic heterocycles. The summed E-state index contributed by atoms with van der Waals surface area (Å²) in [6.45, 7) is 5.56. The van der Waals surface area contributed by atoms with Gasteiger partial charge in [0, 0.05) is 6.42 Å². The number of carbonyl (C=O) groups excluding carboxylic acids is 2. The highest BCUT2D eigenvalue weighted by Crippen LogP contribution is 2.15. The van der Waals surface area contributed by atoms with Gasteiger partial charge in [-0.25, -0.2) is 9.59 Å². The van der Waals surface area contributed by atoms with Crippen molar-refractivity contribution < 1.29 is 19.1 Å². The lowest BCUT2D eigenvalue weighted by Gasteiger charge is -2.10. The van der Waals surface area contributed by atoms with Crippen LogP contribution in [-0.4, -0.2) is 18.7 Å². The highest BCUT2D eigenvalue weighted by Gasteiger charge is 2.14. The van der Waals surface area contributed by atoms with Crippen LogP contribution in [0.5, 0.6) is 0 Å². The van der Waals surface area contributed by atoms with Gasteiger partial charge in [0.05, 0.1) is 12.2 Å². The van der Waals surface area contributed by atoms with Crippen LogP contribution in [0.25, 0.3) is 0 Å². The lowest BCUT2D eigenvalue weighted by atomic mass is 10.1. The van der Waals surface area contributed by atoms with Crippen LogP contribution < -0.4 is 5.73 Å². The van der Waals surface area contributed by atoms with Crippen molar-refractivity contribution in [1.82, 2.24) is 0 Å². The van der Waals surface area contributed by atoms with E-state index < -0.39 is 12.1 Å². The highest BCUT2D eigenvalue weighted by molar-refractivity contribution is 5.88. The summed E-state index contributed by atoms with van der Waals surface area (Å²) in [7, 11) is 0. The van der Waals surface area contributed by atoms with Crippen LogP contribution in [0.3, 0.4) is 0 Å². The molecule has 0 atom stereocenters. The Morgan fingerprint density at radius 1 is 1.25 bits per heavy atom. The molecule has 16 heavy (non-hydrogen) atoms. The summed E-state index contributed by atoms with van der Waals surface area (Å²) in [5, 5.41) is 0. The van der Waals surface area contributed by atoms with E-state index in [1.54, 1.807) is 13.8 Å². The number of carbonyl (C=O) groups is 2. The number of primary amides is 1. The largest absolute Gasteiger partial charge is 0.463 e. The molecular formula is C11H19NO4. The van der Waals surface area contributed by atoms with Gasteiger partial charge in [-0.05, 0) is 20.3 Å². The summed E-state index contributed by atoms with van der Waals surface area (Å²) in [5.41, 5.74) is 5.23. The zero-order valence-corrected chi connectivity index (χ0v) is 10.0. The Labute approximate surface area is 95.6 Å². The average molecular weight is 229 g/mol. The first-order valence-corrected chi connectivity index (χ1v) is 5.37. The average Bonchev–Trinajstić information content (AvgIpc) is 2.23. The Kier molecular flexibility index (Phi) is 7.00. The van der Waals surface area contributed by atoms with Crippen LogP contribution in [0.1, 0.15) is 40.0 Å². The Hall–Kier alpha value is -1.52. The van der Waals surface area contributed by atoms with Crippen molar-refractivity contribution >= 4 is 12.1 Å². The highest BCUT2D eigenvalue weighted by atomic mass is 16.6. The molecule has 5 heteroatoms. The van der Waals surface area contributed by atoms with Gasteiger partial charge in [-0.1, -0.05) is 13.3 Å². The van der Waals surface area contributed by atoms with Crippen molar-refractivity contribution in [3.63, 3.8) is 0 Å². The normalized spacial score (nSPS) is 11.7. The maximum atomic E-state index is 11.4. The summed E-state index contributed by atoms with van der Waals surface area (Å²) < 4.78 is 9.62. The van der Waals surface area contributed by atoms with Gasteiger partial charge < -0.3 is 15.2 Å². The molecule has 0 bridgehead atoms. The number of allylic oxidation sites excluding steroid dienone is 1. The number of esters is 1. The van der Waals surface area contributed by atoms with E-state index >= 15 is 0 Å². The molecule has 0 rings (SSSR count). The first-order valence-electron chi connectivity index (χ1n) is 5.37. The minimum Gasteiger partial charge on any atom is -0.463 e. The molecule has 0 unspecified atom stereocenters. The quantitative estimate of drug-likeness (QED) is 0.430. The van der Waals surface area contributed by atoms with Crippen molar-refractivity contribution in [2.24, 2.45) is 5.73 Å². The van der Waals surface area contributed by atoms with Gasteiger partial charge in [-0.15, -0.1) is 0 Å². The predicted molar refractivity (Wildman–Crippen MR) is 59.5 cm³/mol. The molecule has 2 N–H and O–H groups in total. The van der Waals surface area contributed by atoms with E-state index in [1.807, 2.05) is 6.92 Å². The summed E-state index contributed by atoms with van der Waals surface area (Å²) in [5.74, 6) is -0.178. The molecule has 0 aromatic carbocycles. The standard InChI is InChI=1S/C11H19NO4/c1-4-6-7-9(16-11(12)14)8(3)10(13)15-5-2/h4-7H2,1-3H3,(H2,12,14). The molecule has 5 nitrogen and oxygen atoms in total. The molecule has 0 radical (unpaired) electrons. The monoisotopic (exact) mass is 229 g/mol. The van der Waals surface area contributed by atoms with Crippen molar-refractivity contribution in [1.29, 1.82) is 0 Å². The molecular weight excluding hydrogens is 210 g/mol. The van der Waals surface area contributed by atoms with Gasteiger partial charge in [-0.2, -0.15) is 0 Å². The minimum atomic E-state index is -0.908. The van der Waals surface area contributed by atoms with E-state index in [9.17, 15) is 9.59 Å². The Morgan fingerprint density at radius 2 is 1.88 bits per heavy atom. The van der Waals surface area contributed by atoms with E-state index in [2.05, 4.69) is 0 Å². The van der Waals surface area contributed by atoms with Crippen LogP contribution in [0, 0.1) is 0 Å². The number of nitrogens with two attached hydrogens (primary N) is 1. The molecule has 0 fully saturated rings. The summed E-state index contributed by atoms with van der Waals surface area (Å²) in [6.07, 6.45) is 1.35. The topological polar surface area (TPSA) is 78.6 Å². The third-order valence-corrected chi connectivity index (χ3v) is 1.98. The van der Waals surface area contributed by atoms with Crippen LogP contribution in [0.4, 0.5) is 4.79 Å². The fourth-order valence-electron chi connectivity index (χ4n) is 1.13. The van der Waals surface area contributed by atoms with Crippen molar-refractivity contribution in [3.8, 4) is 0 Å². The third-order valence-electron chi connectivity index (χ3n) is 1.98. The molecule has 92 valence electrons. The number of ether oxygens (including phenoxy) is 2. The fourth-order valence-corrected chi connectivity index (χ4v) is 1.13. The second-order valence-electron chi connectivity index (χ2n) is 3.29. The van der Waals surface area contributed by atoms with Crippen molar-refractivity contribution in [2.45, 2.75) is 40.0 Å². The first-order chi connectivity index (χ1) is 7.52. The van der Waals surface area contributed by atoms with Crippen molar-refractivity contribution in [3.05, 3.63) is 11.3 Å². The zero-order chi connectivity index (χ0) is 12.6. The smallest absolute Gasteiger partial charge is 0.409 e. The molecule has 0 aliphatic carbocycles. The number of unbranched alkanes of at least 4 members (excludes halogenated alkanes) is 1. The lowest BCUT2D eigenvalue weighted by molar-refractivity contribution is -0.138. The Balaban J connectivity index is 4.72. The predicted octanol–water partition coefficient (Wildman–Crippen LogP) is 2.11. The second kappa shape index (κ2) is 7.73. The van der Waals surface area contributed by atoms with E-state index in [0.717, 1.165) is 12.8 Å². The number of hydrogen-bond donors (Lipinski definition) is 1. The maximum Gasteiger partial charge on any atom is 0.409 e. The number of hydrogen-bond acceptors (Lipinski definition) is 4. The molecule has 0 aromatic rings. The Morgan fingerprint density at radius 3 is 2.31 bits per heavy atom. The van der Waals surface area contributed by atoms with Crippen LogP contribution in [-0.2, 0) is 14.3 Å². The molecule has 0 aliphatic rings. The molecule has 1 amide bonds. The van der Waals surface area contributed by atoms with Crippen LogP contribution in [0.2, 0.25) is 0 Å². The van der Waals surface area contributed by atoms with E-state index in [4.69, 9.17) is 15.2 Å². The SMILES string of the molecule is CCCCC(OC(N)=O)=C(C)C(=O)OCC. The summed E-state index contributed by atoms with van der Waals surface area (Å²) in [4.78, 5) is 22.1. The van der Waals surface area contributed by atoms with Gasteiger partial charge in [-0.3, -0.25) is 0 Å². The van der Waals surface area contributed by atoms with Gasteiger partial charge in [0.25, 0.3) is 0 Å². The van der Waals surface area contributed by atoms with Gasteiger partial charge in [0.2, 0.25) is 0 Å². The van der Waals surface area contributed by atoms with E-state index in [1.165, 1.54) is 0 Å². The molecule has 0 heterocycles. The van der Waals surface area contributed by atoms with E-state index in [-0.39, 0.29) is 6.61 Å². The number of rotatable bonds is 6. The van der Waals surface area contributed by atoms with Gasteiger partial charge >= 0.3 is 12.1 Å².